The SMILES string of the molecule is CCN(CC)C(=O)Cn1ccc2cc(NC(=O)NCCC(=O)O)ccc21. The Bertz CT molecular complexity index is 796. The van der Waals surface area contributed by atoms with Crippen LogP contribution in [0.2, 0.25) is 0 Å². The van der Waals surface area contributed by atoms with Crippen LogP contribution >= 0.6 is 0 Å². The zero-order valence-electron chi connectivity index (χ0n) is 15.0. The summed E-state index contributed by atoms with van der Waals surface area (Å²) in [4.78, 5) is 36.3. The molecule has 0 saturated carbocycles. The molecule has 8 nitrogen and oxygen atoms in total. The largest absolute Gasteiger partial charge is 0.481 e. The summed E-state index contributed by atoms with van der Waals surface area (Å²) in [5.41, 5.74) is 1.50. The average Bonchev–Trinajstić information content (AvgIpc) is 2.97. The van der Waals surface area contributed by atoms with Gasteiger partial charge in [0.15, 0.2) is 0 Å². The number of carboxylic acids is 1. The minimum absolute atomic E-state index is 0.0625. The summed E-state index contributed by atoms with van der Waals surface area (Å²) in [5, 5.41) is 14.6. The summed E-state index contributed by atoms with van der Waals surface area (Å²) < 4.78 is 1.88. The van der Waals surface area contributed by atoms with Crippen molar-refractivity contribution in [3.05, 3.63) is 30.5 Å². The van der Waals surface area contributed by atoms with E-state index < -0.39 is 12.0 Å². The number of likely N-dealkylation sites (N-methyl/N-ethyl adjacent to an activating group) is 1. The van der Waals surface area contributed by atoms with Crippen molar-refractivity contribution in [1.82, 2.24) is 14.8 Å². The lowest BCUT2D eigenvalue weighted by molar-refractivity contribution is -0.136. The first-order valence-corrected chi connectivity index (χ1v) is 8.57. The highest BCUT2D eigenvalue weighted by Crippen LogP contribution is 2.20. The maximum atomic E-state index is 12.3. The van der Waals surface area contributed by atoms with Crippen molar-refractivity contribution in [3.8, 4) is 0 Å². The highest BCUT2D eigenvalue weighted by Gasteiger charge is 2.12. The number of nitrogens with one attached hydrogen (secondary N) is 2. The summed E-state index contributed by atoms with van der Waals surface area (Å²) in [6.07, 6.45) is 1.72. The number of amides is 3. The van der Waals surface area contributed by atoms with Gasteiger partial charge >= 0.3 is 12.0 Å². The molecule has 0 aliphatic carbocycles. The molecular formula is C18H24N4O4. The average molecular weight is 360 g/mol. The van der Waals surface area contributed by atoms with E-state index in [2.05, 4.69) is 10.6 Å². The molecule has 0 radical (unpaired) electrons. The van der Waals surface area contributed by atoms with Gasteiger partial charge in [0, 0.05) is 42.4 Å². The fourth-order valence-corrected chi connectivity index (χ4v) is 2.70. The van der Waals surface area contributed by atoms with Gasteiger partial charge in [0.05, 0.1) is 6.42 Å². The molecule has 0 aliphatic heterocycles. The molecule has 2 aromatic rings. The summed E-state index contributed by atoms with van der Waals surface area (Å²) >= 11 is 0. The standard InChI is InChI=1S/C18H24N4O4/c1-3-21(4-2)16(23)12-22-10-8-13-11-14(5-6-15(13)22)20-18(26)19-9-7-17(24)25/h5-6,8,10-11H,3-4,7,9,12H2,1-2H3,(H,24,25)(H2,19,20,26). The fourth-order valence-electron chi connectivity index (χ4n) is 2.70. The van der Waals surface area contributed by atoms with E-state index in [1.165, 1.54) is 0 Å². The van der Waals surface area contributed by atoms with Gasteiger partial charge in [0.25, 0.3) is 0 Å². The van der Waals surface area contributed by atoms with Crippen molar-refractivity contribution in [1.29, 1.82) is 0 Å². The van der Waals surface area contributed by atoms with Crippen LogP contribution in [0, 0.1) is 0 Å². The predicted molar refractivity (Wildman–Crippen MR) is 99.1 cm³/mol. The molecule has 0 spiro atoms. The molecule has 8 heteroatoms. The molecule has 0 fully saturated rings. The molecule has 26 heavy (non-hydrogen) atoms. The van der Waals surface area contributed by atoms with Gasteiger partial charge in [0.2, 0.25) is 5.91 Å². The van der Waals surface area contributed by atoms with Crippen LogP contribution in [-0.4, -0.2) is 52.1 Å². The van der Waals surface area contributed by atoms with Gasteiger partial charge in [-0.05, 0) is 38.1 Å². The number of carboxylic acid groups (broad SMARTS) is 1. The summed E-state index contributed by atoms with van der Waals surface area (Å²) in [5.74, 6) is -0.903. The number of fused-ring (bicyclic) bond motifs is 1. The van der Waals surface area contributed by atoms with Crippen LogP contribution in [0.1, 0.15) is 20.3 Å². The normalized spacial score (nSPS) is 10.5. The van der Waals surface area contributed by atoms with Crippen molar-refractivity contribution in [2.24, 2.45) is 0 Å². The second kappa shape index (κ2) is 8.89. The van der Waals surface area contributed by atoms with Crippen LogP contribution in [0.5, 0.6) is 0 Å². The van der Waals surface area contributed by atoms with Gasteiger partial charge in [-0.2, -0.15) is 0 Å². The number of nitrogens with zero attached hydrogens (tertiary/aromatic N) is 2. The molecule has 1 aromatic carbocycles. The molecule has 0 atom stereocenters. The van der Waals surface area contributed by atoms with E-state index in [1.807, 2.05) is 42.8 Å². The Morgan fingerprint density at radius 3 is 2.54 bits per heavy atom. The maximum Gasteiger partial charge on any atom is 0.319 e. The Kier molecular flexibility index (Phi) is 6.60. The second-order valence-electron chi connectivity index (χ2n) is 5.81. The molecule has 2 rings (SSSR count). The maximum absolute atomic E-state index is 12.3. The number of anilines is 1. The zero-order valence-corrected chi connectivity index (χ0v) is 15.0. The minimum atomic E-state index is -0.965. The van der Waals surface area contributed by atoms with Crippen molar-refractivity contribution in [2.45, 2.75) is 26.8 Å². The number of aromatic nitrogens is 1. The van der Waals surface area contributed by atoms with Gasteiger partial charge in [-0.1, -0.05) is 0 Å². The molecule has 3 amide bonds. The highest BCUT2D eigenvalue weighted by atomic mass is 16.4. The Morgan fingerprint density at radius 1 is 1.15 bits per heavy atom. The Labute approximate surface area is 151 Å². The third-order valence-electron chi connectivity index (χ3n) is 4.08. The van der Waals surface area contributed by atoms with E-state index in [0.717, 1.165) is 10.9 Å². The fraction of sp³-hybridized carbons (Fsp3) is 0.389. The predicted octanol–water partition coefficient (Wildman–Crippen LogP) is 2.11. The van der Waals surface area contributed by atoms with Gasteiger partial charge in [-0.3, -0.25) is 9.59 Å². The van der Waals surface area contributed by atoms with Crippen LogP contribution < -0.4 is 10.6 Å². The van der Waals surface area contributed by atoms with Crippen LogP contribution in [0.25, 0.3) is 10.9 Å². The number of rotatable bonds is 8. The van der Waals surface area contributed by atoms with Crippen LogP contribution in [0.3, 0.4) is 0 Å². The van der Waals surface area contributed by atoms with Gasteiger partial charge < -0.3 is 25.2 Å². The molecule has 1 aromatic heterocycles. The number of hydrogen-bond donors (Lipinski definition) is 3. The Hall–Kier alpha value is -3.03. The van der Waals surface area contributed by atoms with Crippen LogP contribution in [0.4, 0.5) is 10.5 Å². The van der Waals surface area contributed by atoms with E-state index in [1.54, 1.807) is 11.0 Å². The molecule has 0 aliphatic rings. The third kappa shape index (κ3) is 4.98. The molecule has 0 bridgehead atoms. The Balaban J connectivity index is 2.03. The van der Waals surface area contributed by atoms with Crippen LogP contribution in [-0.2, 0) is 16.1 Å². The second-order valence-corrected chi connectivity index (χ2v) is 5.81. The van der Waals surface area contributed by atoms with Gasteiger partial charge in [-0.25, -0.2) is 4.79 Å². The minimum Gasteiger partial charge on any atom is -0.481 e. The van der Waals surface area contributed by atoms with Crippen LogP contribution in [0.15, 0.2) is 30.5 Å². The molecule has 3 N–H and O–H groups in total. The first kappa shape index (κ1) is 19.3. The summed E-state index contributed by atoms with van der Waals surface area (Å²) in [6.45, 7) is 5.60. The first-order valence-electron chi connectivity index (χ1n) is 8.57. The van der Waals surface area contributed by atoms with E-state index in [4.69, 9.17) is 5.11 Å². The quantitative estimate of drug-likeness (QED) is 0.671. The van der Waals surface area contributed by atoms with E-state index >= 15 is 0 Å². The van der Waals surface area contributed by atoms with E-state index in [0.29, 0.717) is 18.8 Å². The number of carbonyl (C=O) groups excluding carboxylic acids is 2. The molecule has 0 unspecified atom stereocenters. The number of urea groups is 1. The number of carbonyl (C=O) groups is 3. The third-order valence-corrected chi connectivity index (χ3v) is 4.08. The van der Waals surface area contributed by atoms with Crippen molar-refractivity contribution in [3.63, 3.8) is 0 Å². The number of hydrogen-bond acceptors (Lipinski definition) is 3. The number of benzene rings is 1. The van der Waals surface area contributed by atoms with Crippen molar-refractivity contribution >= 4 is 34.5 Å². The topological polar surface area (TPSA) is 104 Å². The lowest BCUT2D eigenvalue weighted by atomic mass is 10.2. The molecule has 140 valence electrons. The van der Waals surface area contributed by atoms with Gasteiger partial charge in [-0.15, -0.1) is 0 Å². The van der Waals surface area contributed by atoms with E-state index in [-0.39, 0.29) is 25.4 Å². The molecule has 0 saturated heterocycles. The van der Waals surface area contributed by atoms with Gasteiger partial charge in [0.1, 0.15) is 6.54 Å². The lowest BCUT2D eigenvalue weighted by Crippen LogP contribution is -2.33. The summed E-state index contributed by atoms with van der Waals surface area (Å²) in [7, 11) is 0. The smallest absolute Gasteiger partial charge is 0.319 e. The highest BCUT2D eigenvalue weighted by molar-refractivity contribution is 5.93. The lowest BCUT2D eigenvalue weighted by Gasteiger charge is -2.19. The molecule has 1 heterocycles. The Morgan fingerprint density at radius 2 is 1.88 bits per heavy atom. The summed E-state index contributed by atoms with van der Waals surface area (Å²) in [6, 6.07) is 6.83. The first-order chi connectivity index (χ1) is 12.4. The monoisotopic (exact) mass is 360 g/mol. The van der Waals surface area contributed by atoms with Crippen molar-refractivity contribution < 1.29 is 19.5 Å². The zero-order chi connectivity index (χ0) is 19.1. The number of aliphatic carboxylic acids is 1. The van der Waals surface area contributed by atoms with Crippen molar-refractivity contribution in [2.75, 3.05) is 25.0 Å². The molecular weight excluding hydrogens is 336 g/mol. The van der Waals surface area contributed by atoms with E-state index in [9.17, 15) is 14.4 Å².